The lowest BCUT2D eigenvalue weighted by atomic mass is 10.0. The van der Waals surface area contributed by atoms with Crippen molar-refractivity contribution in [3.8, 4) is 0 Å². The summed E-state index contributed by atoms with van der Waals surface area (Å²) < 4.78 is 0. The summed E-state index contributed by atoms with van der Waals surface area (Å²) in [5.41, 5.74) is 0.600. The van der Waals surface area contributed by atoms with Crippen molar-refractivity contribution in [1.82, 2.24) is 31.2 Å². The van der Waals surface area contributed by atoms with E-state index in [2.05, 4.69) is 31.2 Å². The maximum Gasteiger partial charge on any atom is 0.326 e. The highest BCUT2D eigenvalue weighted by atomic mass is 16.4. The van der Waals surface area contributed by atoms with Gasteiger partial charge < -0.3 is 31.4 Å². The average Bonchev–Trinajstić information content (AvgIpc) is 3.40. The van der Waals surface area contributed by atoms with Crippen LogP contribution in [0.2, 0.25) is 0 Å². The lowest BCUT2D eigenvalue weighted by Gasteiger charge is -2.24. The molecular formula is C20H32N6O5. The SMILES string of the molecule is CC(C)CC(NC(=O)C(Cc1cnc[nH]1)NC(=O)C(C)NC(=O)C1CCCN1)C(=O)O. The van der Waals surface area contributed by atoms with Gasteiger partial charge in [0.1, 0.15) is 18.1 Å². The van der Waals surface area contributed by atoms with Crippen molar-refractivity contribution in [2.75, 3.05) is 6.54 Å². The molecule has 4 atom stereocenters. The number of aliphatic carboxylic acids is 1. The number of hydrogen-bond acceptors (Lipinski definition) is 6. The van der Waals surface area contributed by atoms with E-state index in [0.29, 0.717) is 12.1 Å². The average molecular weight is 437 g/mol. The summed E-state index contributed by atoms with van der Waals surface area (Å²) in [6.07, 6.45) is 4.92. The largest absolute Gasteiger partial charge is 0.480 e. The molecule has 172 valence electrons. The monoisotopic (exact) mass is 436 g/mol. The Bertz CT molecular complexity index is 760. The molecule has 1 saturated heterocycles. The molecule has 1 aromatic heterocycles. The molecule has 1 fully saturated rings. The third-order valence-electron chi connectivity index (χ3n) is 5.06. The first-order chi connectivity index (χ1) is 14.7. The summed E-state index contributed by atoms with van der Waals surface area (Å²) in [5, 5.41) is 20.3. The molecule has 11 nitrogen and oxygen atoms in total. The topological polar surface area (TPSA) is 165 Å². The molecule has 6 N–H and O–H groups in total. The fourth-order valence-corrected chi connectivity index (χ4v) is 3.38. The number of hydrogen-bond donors (Lipinski definition) is 6. The van der Waals surface area contributed by atoms with Crippen molar-refractivity contribution in [3.63, 3.8) is 0 Å². The first kappa shape index (κ1) is 24.3. The second-order valence-corrected chi connectivity index (χ2v) is 8.25. The number of nitrogens with zero attached hydrogens (tertiary/aromatic N) is 1. The molecule has 0 saturated carbocycles. The van der Waals surface area contributed by atoms with Crippen molar-refractivity contribution >= 4 is 23.7 Å². The highest BCUT2D eigenvalue weighted by molar-refractivity contribution is 5.94. The van der Waals surface area contributed by atoms with Gasteiger partial charge in [-0.2, -0.15) is 0 Å². The smallest absolute Gasteiger partial charge is 0.326 e. The van der Waals surface area contributed by atoms with E-state index in [1.165, 1.54) is 19.4 Å². The number of aromatic amines is 1. The number of imidazole rings is 1. The zero-order chi connectivity index (χ0) is 23.0. The van der Waals surface area contributed by atoms with Crippen molar-refractivity contribution in [2.24, 2.45) is 5.92 Å². The Hall–Kier alpha value is -2.95. The van der Waals surface area contributed by atoms with Crippen LogP contribution in [0, 0.1) is 5.92 Å². The summed E-state index contributed by atoms with van der Waals surface area (Å²) in [6.45, 7) is 6.00. The summed E-state index contributed by atoms with van der Waals surface area (Å²) in [7, 11) is 0. The minimum absolute atomic E-state index is 0.0569. The first-order valence-electron chi connectivity index (χ1n) is 10.5. The molecular weight excluding hydrogens is 404 g/mol. The van der Waals surface area contributed by atoms with E-state index in [9.17, 15) is 24.3 Å². The number of carbonyl (C=O) groups is 4. The number of carboxylic acid groups (broad SMARTS) is 1. The summed E-state index contributed by atoms with van der Waals surface area (Å²) in [4.78, 5) is 56.0. The molecule has 4 unspecified atom stereocenters. The third-order valence-corrected chi connectivity index (χ3v) is 5.06. The molecule has 11 heteroatoms. The van der Waals surface area contributed by atoms with Crippen LogP contribution < -0.4 is 21.3 Å². The van der Waals surface area contributed by atoms with Gasteiger partial charge in [0.2, 0.25) is 17.7 Å². The van der Waals surface area contributed by atoms with E-state index in [1.54, 1.807) is 0 Å². The number of amides is 3. The molecule has 1 aliphatic heterocycles. The molecule has 1 aliphatic rings. The number of nitrogens with one attached hydrogen (secondary N) is 5. The minimum Gasteiger partial charge on any atom is -0.480 e. The molecule has 31 heavy (non-hydrogen) atoms. The van der Waals surface area contributed by atoms with Crippen molar-refractivity contribution in [2.45, 2.75) is 70.6 Å². The van der Waals surface area contributed by atoms with Gasteiger partial charge in [-0.1, -0.05) is 13.8 Å². The molecule has 0 aromatic carbocycles. The normalized spacial score (nSPS) is 18.8. The molecule has 2 heterocycles. The van der Waals surface area contributed by atoms with Crippen molar-refractivity contribution in [1.29, 1.82) is 0 Å². The summed E-state index contributed by atoms with van der Waals surface area (Å²) >= 11 is 0. The number of carboxylic acids is 1. The Kier molecular flexibility index (Phi) is 8.98. The number of carbonyl (C=O) groups excluding carboxylic acids is 3. The van der Waals surface area contributed by atoms with Gasteiger partial charge in [0.15, 0.2) is 0 Å². The van der Waals surface area contributed by atoms with Crippen molar-refractivity contribution in [3.05, 3.63) is 18.2 Å². The van der Waals surface area contributed by atoms with Crippen LogP contribution in [0.1, 0.15) is 45.7 Å². The molecule has 0 bridgehead atoms. The maximum absolute atomic E-state index is 12.8. The Balaban J connectivity index is 2.04. The Morgan fingerprint density at radius 1 is 1.13 bits per heavy atom. The number of aromatic nitrogens is 2. The van der Waals surface area contributed by atoms with E-state index < -0.39 is 35.9 Å². The Labute approximate surface area is 181 Å². The van der Waals surface area contributed by atoms with Crippen LogP contribution in [-0.2, 0) is 25.6 Å². The summed E-state index contributed by atoms with van der Waals surface area (Å²) in [6, 6.07) is -3.30. The van der Waals surface area contributed by atoms with Gasteiger partial charge in [-0.05, 0) is 38.6 Å². The van der Waals surface area contributed by atoms with E-state index in [0.717, 1.165) is 13.0 Å². The minimum atomic E-state index is -1.14. The molecule has 0 spiro atoms. The standard InChI is InChI=1S/C20H32N6O5/c1-11(2)7-16(20(30)31)26-19(29)15(8-13-9-21-10-23-13)25-17(27)12(3)24-18(28)14-5-4-6-22-14/h9-12,14-16,22H,4-8H2,1-3H3,(H,21,23)(H,24,28)(H,25,27)(H,26,29)(H,30,31). The van der Waals surface area contributed by atoms with Gasteiger partial charge in [0.25, 0.3) is 0 Å². The van der Waals surface area contributed by atoms with Crippen LogP contribution in [0.15, 0.2) is 12.5 Å². The summed E-state index contributed by atoms with van der Waals surface area (Å²) in [5.74, 6) is -2.51. The number of rotatable bonds is 11. The van der Waals surface area contributed by atoms with E-state index >= 15 is 0 Å². The van der Waals surface area contributed by atoms with Crippen molar-refractivity contribution < 1.29 is 24.3 Å². The quantitative estimate of drug-likeness (QED) is 0.267. The van der Waals surface area contributed by atoms with Gasteiger partial charge >= 0.3 is 5.97 Å². The lowest BCUT2D eigenvalue weighted by molar-refractivity contribution is -0.142. The van der Waals surface area contributed by atoms with Crippen LogP contribution in [-0.4, -0.2) is 69.5 Å². The van der Waals surface area contributed by atoms with Gasteiger partial charge in [0, 0.05) is 18.3 Å². The van der Waals surface area contributed by atoms with Crippen LogP contribution >= 0.6 is 0 Å². The molecule has 0 radical (unpaired) electrons. The van der Waals surface area contributed by atoms with Gasteiger partial charge in [0.05, 0.1) is 12.4 Å². The van der Waals surface area contributed by atoms with Crippen LogP contribution in [0.25, 0.3) is 0 Å². The van der Waals surface area contributed by atoms with Crippen LogP contribution in [0.4, 0.5) is 0 Å². The lowest BCUT2D eigenvalue weighted by Crippen LogP contribution is -2.57. The molecule has 1 aromatic rings. The highest BCUT2D eigenvalue weighted by Gasteiger charge is 2.30. The predicted octanol–water partition coefficient (Wildman–Crippen LogP) is -0.691. The van der Waals surface area contributed by atoms with Gasteiger partial charge in [-0.3, -0.25) is 14.4 Å². The zero-order valence-corrected chi connectivity index (χ0v) is 18.1. The second kappa shape index (κ2) is 11.4. The Morgan fingerprint density at radius 3 is 2.39 bits per heavy atom. The van der Waals surface area contributed by atoms with E-state index in [4.69, 9.17) is 0 Å². The van der Waals surface area contributed by atoms with Crippen LogP contribution in [0.3, 0.4) is 0 Å². The number of H-pyrrole nitrogens is 1. The maximum atomic E-state index is 12.8. The van der Waals surface area contributed by atoms with Gasteiger partial charge in [-0.25, -0.2) is 9.78 Å². The van der Waals surface area contributed by atoms with Crippen LogP contribution in [0.5, 0.6) is 0 Å². The first-order valence-corrected chi connectivity index (χ1v) is 10.5. The van der Waals surface area contributed by atoms with E-state index in [1.807, 2.05) is 13.8 Å². The third kappa shape index (κ3) is 7.67. The second-order valence-electron chi connectivity index (χ2n) is 8.25. The molecule has 2 rings (SSSR count). The predicted molar refractivity (Wildman–Crippen MR) is 112 cm³/mol. The fourth-order valence-electron chi connectivity index (χ4n) is 3.38. The zero-order valence-electron chi connectivity index (χ0n) is 18.1. The fraction of sp³-hybridized carbons (Fsp3) is 0.650. The molecule has 3 amide bonds. The van der Waals surface area contributed by atoms with E-state index in [-0.39, 0.29) is 30.7 Å². The van der Waals surface area contributed by atoms with Gasteiger partial charge in [-0.15, -0.1) is 0 Å². The molecule has 0 aliphatic carbocycles. The highest BCUT2D eigenvalue weighted by Crippen LogP contribution is 2.08. The Morgan fingerprint density at radius 2 is 1.84 bits per heavy atom.